The van der Waals surface area contributed by atoms with Crippen molar-refractivity contribution in [2.24, 2.45) is 0 Å². The van der Waals surface area contributed by atoms with Crippen LogP contribution in [0.25, 0.3) is 10.9 Å². The maximum Gasteiger partial charge on any atom is 0.233 e. The molecule has 1 fully saturated rings. The Morgan fingerprint density at radius 1 is 0.968 bits per heavy atom. The van der Waals surface area contributed by atoms with Gasteiger partial charge in [0.25, 0.3) is 0 Å². The third-order valence-corrected chi connectivity index (χ3v) is 6.65. The van der Waals surface area contributed by atoms with Crippen molar-refractivity contribution in [3.8, 4) is 11.5 Å². The number of anilines is 1. The van der Waals surface area contributed by atoms with E-state index in [9.17, 15) is 4.79 Å². The number of pyridine rings is 1. The van der Waals surface area contributed by atoms with Gasteiger partial charge >= 0.3 is 0 Å². The van der Waals surface area contributed by atoms with E-state index in [1.165, 1.54) is 11.8 Å². The maximum atomic E-state index is 12.8. The minimum absolute atomic E-state index is 0.159. The van der Waals surface area contributed by atoms with Gasteiger partial charge in [0.15, 0.2) is 0 Å². The number of carbonyl (C=O) groups excluding carboxylic acids is 1. The molecule has 3 aromatic rings. The number of thioether (sulfide) groups is 1. The second-order valence-electron chi connectivity index (χ2n) is 7.52. The third kappa shape index (κ3) is 4.88. The van der Waals surface area contributed by atoms with Crippen LogP contribution in [0.1, 0.15) is 5.56 Å². The lowest BCUT2D eigenvalue weighted by atomic mass is 10.2. The fourth-order valence-corrected chi connectivity index (χ4v) is 4.63. The first kappa shape index (κ1) is 21.3. The molecule has 1 aromatic heterocycles. The molecular formula is C24H27N3O3S. The van der Waals surface area contributed by atoms with Crippen LogP contribution in [0.5, 0.6) is 11.5 Å². The Bertz CT molecular complexity index is 1060. The zero-order valence-electron chi connectivity index (χ0n) is 18.1. The largest absolute Gasteiger partial charge is 0.497 e. The number of nitrogens with zero attached hydrogens (tertiary/aromatic N) is 3. The van der Waals surface area contributed by atoms with Crippen molar-refractivity contribution in [3.63, 3.8) is 0 Å². The fourth-order valence-electron chi connectivity index (χ4n) is 3.74. The van der Waals surface area contributed by atoms with Crippen LogP contribution in [-0.4, -0.2) is 61.9 Å². The van der Waals surface area contributed by atoms with E-state index in [2.05, 4.69) is 23.1 Å². The van der Waals surface area contributed by atoms with Crippen LogP contribution in [0.4, 0.5) is 5.69 Å². The summed E-state index contributed by atoms with van der Waals surface area (Å²) in [5, 5.41) is 1.97. The molecule has 0 aliphatic carbocycles. The molecule has 0 N–H and O–H groups in total. The van der Waals surface area contributed by atoms with Gasteiger partial charge in [0.2, 0.25) is 5.91 Å². The Labute approximate surface area is 187 Å². The van der Waals surface area contributed by atoms with Crippen molar-refractivity contribution in [2.75, 3.05) is 51.1 Å². The van der Waals surface area contributed by atoms with Gasteiger partial charge in [0.05, 0.1) is 25.5 Å². The number of aromatic nitrogens is 1. The van der Waals surface area contributed by atoms with Crippen molar-refractivity contribution >= 4 is 34.3 Å². The summed E-state index contributed by atoms with van der Waals surface area (Å²) in [4.78, 5) is 21.8. The molecule has 7 heteroatoms. The molecule has 0 atom stereocenters. The van der Waals surface area contributed by atoms with Crippen molar-refractivity contribution in [1.82, 2.24) is 9.88 Å². The number of ether oxygens (including phenoxy) is 2. The van der Waals surface area contributed by atoms with Gasteiger partial charge < -0.3 is 19.3 Å². The number of methoxy groups -OCH3 is 2. The normalized spacial score (nSPS) is 14.0. The highest BCUT2D eigenvalue weighted by Crippen LogP contribution is 2.27. The number of hydrogen-bond donors (Lipinski definition) is 0. The zero-order valence-corrected chi connectivity index (χ0v) is 18.9. The van der Waals surface area contributed by atoms with Crippen LogP contribution in [0.15, 0.2) is 53.6 Å². The van der Waals surface area contributed by atoms with Gasteiger partial charge in [-0.05, 0) is 55.0 Å². The molecule has 2 aromatic carbocycles. The molecular weight excluding hydrogens is 410 g/mol. The Hall–Kier alpha value is -2.93. The third-order valence-electron chi connectivity index (χ3n) is 5.57. The number of fused-ring (bicyclic) bond motifs is 1. The van der Waals surface area contributed by atoms with Gasteiger partial charge in [0.1, 0.15) is 16.5 Å². The molecule has 1 aliphatic rings. The van der Waals surface area contributed by atoms with E-state index < -0.39 is 0 Å². The quantitative estimate of drug-likeness (QED) is 0.544. The molecule has 0 unspecified atom stereocenters. The molecule has 31 heavy (non-hydrogen) atoms. The smallest absolute Gasteiger partial charge is 0.233 e. The average molecular weight is 438 g/mol. The molecule has 0 saturated carbocycles. The Morgan fingerprint density at radius 3 is 2.32 bits per heavy atom. The predicted molar refractivity (Wildman–Crippen MR) is 126 cm³/mol. The number of rotatable bonds is 6. The molecule has 2 heterocycles. The number of amides is 1. The minimum Gasteiger partial charge on any atom is -0.497 e. The van der Waals surface area contributed by atoms with E-state index in [0.29, 0.717) is 5.75 Å². The maximum absolute atomic E-state index is 12.8. The highest BCUT2D eigenvalue weighted by Gasteiger charge is 2.21. The summed E-state index contributed by atoms with van der Waals surface area (Å²) in [7, 11) is 3.32. The molecule has 1 aliphatic heterocycles. The number of hydrogen-bond acceptors (Lipinski definition) is 6. The lowest BCUT2D eigenvalue weighted by Crippen LogP contribution is -2.49. The summed E-state index contributed by atoms with van der Waals surface area (Å²) >= 11 is 1.51. The van der Waals surface area contributed by atoms with Gasteiger partial charge in [-0.15, -0.1) is 0 Å². The lowest BCUT2D eigenvalue weighted by molar-refractivity contribution is -0.128. The average Bonchev–Trinajstić information content (AvgIpc) is 2.82. The van der Waals surface area contributed by atoms with Crippen molar-refractivity contribution < 1.29 is 14.3 Å². The first-order valence-electron chi connectivity index (χ1n) is 10.3. The van der Waals surface area contributed by atoms with E-state index in [-0.39, 0.29) is 5.91 Å². The first-order valence-corrected chi connectivity index (χ1v) is 11.3. The van der Waals surface area contributed by atoms with Crippen LogP contribution in [-0.2, 0) is 4.79 Å². The second kappa shape index (κ2) is 9.47. The number of benzene rings is 2. The van der Waals surface area contributed by atoms with Crippen molar-refractivity contribution in [2.45, 2.75) is 11.9 Å². The molecule has 162 valence electrons. The number of aryl methyl sites for hydroxylation is 1. The highest BCUT2D eigenvalue weighted by molar-refractivity contribution is 7.99. The van der Waals surface area contributed by atoms with Crippen LogP contribution < -0.4 is 14.4 Å². The molecule has 1 amide bonds. The monoisotopic (exact) mass is 437 g/mol. The van der Waals surface area contributed by atoms with Crippen molar-refractivity contribution in [3.05, 3.63) is 54.1 Å². The SMILES string of the molecule is COc1ccc(N2CCN(C(=O)CSc3nc4cc(OC)ccc4cc3C)CC2)cc1. The molecule has 0 radical (unpaired) electrons. The summed E-state index contributed by atoms with van der Waals surface area (Å²) in [6.45, 7) is 5.15. The van der Waals surface area contributed by atoms with E-state index in [0.717, 1.165) is 64.9 Å². The van der Waals surface area contributed by atoms with E-state index in [1.54, 1.807) is 14.2 Å². The minimum atomic E-state index is 0.159. The molecule has 0 spiro atoms. The van der Waals surface area contributed by atoms with Gasteiger partial charge in [0, 0.05) is 43.3 Å². The topological polar surface area (TPSA) is 54.9 Å². The molecule has 0 bridgehead atoms. The van der Waals surface area contributed by atoms with Gasteiger partial charge in [-0.3, -0.25) is 4.79 Å². The predicted octanol–water partition coefficient (Wildman–Crippen LogP) is 4.00. The number of carbonyl (C=O) groups is 1. The van der Waals surface area contributed by atoms with E-state index in [4.69, 9.17) is 14.5 Å². The summed E-state index contributed by atoms with van der Waals surface area (Å²) in [6.07, 6.45) is 0. The number of piperazine rings is 1. The summed E-state index contributed by atoms with van der Waals surface area (Å²) in [5.74, 6) is 2.19. The first-order chi connectivity index (χ1) is 15.1. The molecule has 6 nitrogen and oxygen atoms in total. The second-order valence-corrected chi connectivity index (χ2v) is 8.49. The standard InChI is InChI=1S/C24H27N3O3S/c1-17-14-18-4-7-21(30-3)15-22(18)25-24(17)31-16-23(28)27-12-10-26(11-13-27)19-5-8-20(29-2)9-6-19/h4-9,14-15H,10-13,16H2,1-3H3. The van der Waals surface area contributed by atoms with Gasteiger partial charge in [-0.2, -0.15) is 0 Å². The van der Waals surface area contributed by atoms with Gasteiger partial charge in [-0.25, -0.2) is 4.98 Å². The fraction of sp³-hybridized carbons (Fsp3) is 0.333. The van der Waals surface area contributed by atoms with Crippen LogP contribution in [0, 0.1) is 6.92 Å². The Morgan fingerprint density at radius 2 is 1.65 bits per heavy atom. The van der Waals surface area contributed by atoms with E-state index in [1.807, 2.05) is 42.2 Å². The van der Waals surface area contributed by atoms with Crippen LogP contribution in [0.3, 0.4) is 0 Å². The Balaban J connectivity index is 1.34. The van der Waals surface area contributed by atoms with Crippen molar-refractivity contribution in [1.29, 1.82) is 0 Å². The summed E-state index contributed by atoms with van der Waals surface area (Å²) < 4.78 is 10.5. The summed E-state index contributed by atoms with van der Waals surface area (Å²) in [5.41, 5.74) is 3.13. The lowest BCUT2D eigenvalue weighted by Gasteiger charge is -2.36. The molecule has 1 saturated heterocycles. The summed E-state index contributed by atoms with van der Waals surface area (Å²) in [6, 6.07) is 16.1. The van der Waals surface area contributed by atoms with Gasteiger partial charge in [-0.1, -0.05) is 11.8 Å². The zero-order chi connectivity index (χ0) is 21.8. The molecule has 4 rings (SSSR count). The highest BCUT2D eigenvalue weighted by atomic mass is 32.2. The van der Waals surface area contributed by atoms with Crippen LogP contribution >= 0.6 is 11.8 Å². The van der Waals surface area contributed by atoms with Crippen LogP contribution in [0.2, 0.25) is 0 Å². The Kier molecular flexibility index (Phi) is 6.51. The van der Waals surface area contributed by atoms with E-state index >= 15 is 0 Å².